The van der Waals surface area contributed by atoms with Crippen LogP contribution in [-0.4, -0.2) is 41.1 Å². The van der Waals surface area contributed by atoms with Gasteiger partial charge in [0.25, 0.3) is 5.91 Å². The van der Waals surface area contributed by atoms with Crippen LogP contribution in [0.25, 0.3) is 0 Å². The molecule has 1 aromatic rings. The van der Waals surface area contributed by atoms with Gasteiger partial charge in [-0.15, -0.1) is 0 Å². The molecule has 0 radical (unpaired) electrons. The topological polar surface area (TPSA) is 116 Å². The number of nitrogens with one attached hydrogen (secondary N) is 2. The van der Waals surface area contributed by atoms with Gasteiger partial charge in [-0.1, -0.05) is 0 Å². The number of hydrogen-bond donors (Lipinski definition) is 4. The van der Waals surface area contributed by atoms with Crippen molar-refractivity contribution >= 4 is 23.5 Å². The first-order chi connectivity index (χ1) is 9.43. The number of carbonyl (C=O) groups is 3. The van der Waals surface area contributed by atoms with Crippen LogP contribution >= 0.6 is 0 Å². The standard InChI is InChI=1S/C13H16N2O5.2Na.2H/c1-14-9-4-2-8(3-5-9)12(18)15-10(13(19)20)6-7-11(16)17;;;;/h2-5,10,14H,6-7H2,1H3,(H,15,18)(H,16,17)(H,19,20);;;;/q;2*+1;2*-1/t10-;;;;/m0..../s1. The van der Waals surface area contributed by atoms with Gasteiger partial charge in [-0.3, -0.25) is 9.59 Å². The molecule has 0 aliphatic rings. The largest absolute Gasteiger partial charge is 1.00 e. The molecule has 7 nitrogen and oxygen atoms in total. The predicted octanol–water partition coefficient (Wildman–Crippen LogP) is -4.99. The van der Waals surface area contributed by atoms with E-state index in [1.807, 2.05) is 0 Å². The van der Waals surface area contributed by atoms with E-state index in [9.17, 15) is 14.4 Å². The normalized spacial score (nSPS) is 10.4. The minimum absolute atomic E-state index is 0. The number of anilines is 1. The summed E-state index contributed by atoms with van der Waals surface area (Å²) in [7, 11) is 1.74. The molecule has 4 N–H and O–H groups in total. The molecule has 0 aliphatic carbocycles. The van der Waals surface area contributed by atoms with Crippen LogP contribution in [-0.2, 0) is 9.59 Å². The number of carboxylic acid groups (broad SMARTS) is 2. The van der Waals surface area contributed by atoms with Crippen molar-refractivity contribution in [2.45, 2.75) is 18.9 Å². The Kier molecular flexibility index (Phi) is 12.8. The summed E-state index contributed by atoms with van der Waals surface area (Å²) in [4.78, 5) is 33.3. The van der Waals surface area contributed by atoms with Crippen molar-refractivity contribution in [2.24, 2.45) is 0 Å². The number of aliphatic carboxylic acids is 2. The predicted molar refractivity (Wildman–Crippen MR) is 74.0 cm³/mol. The van der Waals surface area contributed by atoms with Gasteiger partial charge in [0.2, 0.25) is 0 Å². The van der Waals surface area contributed by atoms with E-state index in [-0.39, 0.29) is 74.8 Å². The van der Waals surface area contributed by atoms with E-state index in [1.54, 1.807) is 31.3 Å². The minimum atomic E-state index is -1.26. The van der Waals surface area contributed by atoms with Gasteiger partial charge in [0, 0.05) is 24.7 Å². The van der Waals surface area contributed by atoms with Crippen LogP contribution < -0.4 is 69.7 Å². The Morgan fingerprint density at radius 3 is 2.09 bits per heavy atom. The average Bonchev–Trinajstić information content (AvgIpc) is 2.42. The van der Waals surface area contributed by atoms with Crippen molar-refractivity contribution < 1.29 is 86.6 Å². The van der Waals surface area contributed by atoms with Gasteiger partial charge in [0.15, 0.2) is 0 Å². The second-order valence-corrected chi connectivity index (χ2v) is 4.12. The average molecular weight is 328 g/mol. The molecule has 0 aromatic heterocycles. The number of benzene rings is 1. The van der Waals surface area contributed by atoms with Crippen molar-refractivity contribution in [1.82, 2.24) is 5.32 Å². The molecule has 9 heteroatoms. The summed E-state index contributed by atoms with van der Waals surface area (Å²) in [6.07, 6.45) is -0.485. The van der Waals surface area contributed by atoms with Crippen LogP contribution in [0.1, 0.15) is 26.1 Å². The first-order valence-electron chi connectivity index (χ1n) is 5.97. The number of carbonyl (C=O) groups excluding carboxylic acids is 1. The van der Waals surface area contributed by atoms with Gasteiger partial charge in [0.1, 0.15) is 6.04 Å². The molecule has 0 unspecified atom stereocenters. The molecule has 1 atom stereocenters. The van der Waals surface area contributed by atoms with Crippen LogP contribution in [0, 0.1) is 0 Å². The first kappa shape index (κ1) is 23.7. The Labute approximate surface area is 175 Å². The molecule has 112 valence electrons. The molecule has 1 amide bonds. The van der Waals surface area contributed by atoms with E-state index in [2.05, 4.69) is 10.6 Å². The maximum atomic E-state index is 11.9. The number of hydrogen-bond acceptors (Lipinski definition) is 4. The van der Waals surface area contributed by atoms with Crippen molar-refractivity contribution in [1.29, 1.82) is 0 Å². The second-order valence-electron chi connectivity index (χ2n) is 4.12. The molecule has 0 spiro atoms. The third kappa shape index (κ3) is 8.17. The molecule has 1 aromatic carbocycles. The number of rotatable bonds is 7. The van der Waals surface area contributed by atoms with Gasteiger partial charge < -0.3 is 23.7 Å². The molecule has 1 rings (SSSR count). The Hall–Kier alpha value is -0.570. The maximum Gasteiger partial charge on any atom is 1.00 e. The van der Waals surface area contributed by atoms with Crippen molar-refractivity contribution in [2.75, 3.05) is 12.4 Å². The van der Waals surface area contributed by atoms with Gasteiger partial charge in [-0.25, -0.2) is 4.79 Å². The van der Waals surface area contributed by atoms with Crippen molar-refractivity contribution in [3.63, 3.8) is 0 Å². The fourth-order valence-electron chi connectivity index (χ4n) is 1.56. The number of carboxylic acids is 2. The molecular formula is C13H18N2Na2O5. The fourth-order valence-corrected chi connectivity index (χ4v) is 1.56. The summed E-state index contributed by atoms with van der Waals surface area (Å²) >= 11 is 0. The SMILES string of the molecule is CNc1ccc(C(=O)N[C@@H](CCC(=O)O)C(=O)O)cc1.[H-].[H-].[Na+].[Na+]. The molecule has 0 saturated heterocycles. The second kappa shape index (κ2) is 11.9. The summed E-state index contributed by atoms with van der Waals surface area (Å²) < 4.78 is 0. The first-order valence-corrected chi connectivity index (χ1v) is 5.97. The van der Waals surface area contributed by atoms with Crippen molar-refractivity contribution in [3.05, 3.63) is 29.8 Å². The van der Waals surface area contributed by atoms with E-state index in [0.29, 0.717) is 5.56 Å². The summed E-state index contributed by atoms with van der Waals surface area (Å²) in [5.41, 5.74) is 1.13. The van der Waals surface area contributed by atoms with E-state index >= 15 is 0 Å². The molecule has 22 heavy (non-hydrogen) atoms. The zero-order chi connectivity index (χ0) is 15.1. The van der Waals surface area contributed by atoms with E-state index in [1.165, 1.54) is 0 Å². The minimum Gasteiger partial charge on any atom is -1.00 e. The Morgan fingerprint density at radius 1 is 1.14 bits per heavy atom. The van der Waals surface area contributed by atoms with E-state index in [0.717, 1.165) is 5.69 Å². The number of amides is 1. The summed E-state index contributed by atoms with van der Waals surface area (Å²) in [5.74, 6) is -2.92. The zero-order valence-electron chi connectivity index (χ0n) is 14.9. The quantitative estimate of drug-likeness (QED) is 0.373. The Balaban J connectivity index is -0.000000500. The third-order valence-electron chi connectivity index (χ3n) is 2.69. The van der Waals surface area contributed by atoms with Crippen LogP contribution in [0.3, 0.4) is 0 Å². The summed E-state index contributed by atoms with van der Waals surface area (Å²) in [6.45, 7) is 0. The monoisotopic (exact) mass is 328 g/mol. The molecule has 0 bridgehead atoms. The summed E-state index contributed by atoms with van der Waals surface area (Å²) in [5, 5.41) is 22.7. The van der Waals surface area contributed by atoms with Gasteiger partial charge in [0.05, 0.1) is 0 Å². The molecule has 0 fully saturated rings. The smallest absolute Gasteiger partial charge is 1.00 e. The van der Waals surface area contributed by atoms with Gasteiger partial charge in [-0.05, 0) is 30.7 Å². The van der Waals surface area contributed by atoms with Crippen LogP contribution in [0.15, 0.2) is 24.3 Å². The molecule has 0 heterocycles. The van der Waals surface area contributed by atoms with Crippen molar-refractivity contribution in [3.8, 4) is 0 Å². The summed E-state index contributed by atoms with van der Waals surface area (Å²) in [6, 6.07) is 5.25. The van der Waals surface area contributed by atoms with Crippen LogP contribution in [0.5, 0.6) is 0 Å². The van der Waals surface area contributed by atoms with Gasteiger partial charge in [-0.2, -0.15) is 0 Å². The van der Waals surface area contributed by atoms with E-state index in [4.69, 9.17) is 10.2 Å². The molecule has 0 saturated carbocycles. The Bertz CT molecular complexity index is 518. The molecule has 0 aliphatic heterocycles. The third-order valence-corrected chi connectivity index (χ3v) is 2.69. The maximum absolute atomic E-state index is 11.9. The van der Waals surface area contributed by atoms with Crippen LogP contribution in [0.4, 0.5) is 5.69 Å². The Morgan fingerprint density at radius 2 is 1.68 bits per heavy atom. The zero-order valence-corrected chi connectivity index (χ0v) is 16.9. The molecular weight excluding hydrogens is 310 g/mol. The van der Waals surface area contributed by atoms with Gasteiger partial charge >= 0.3 is 71.1 Å². The van der Waals surface area contributed by atoms with E-state index < -0.39 is 23.9 Å². The fraction of sp³-hybridized carbons (Fsp3) is 0.308. The van der Waals surface area contributed by atoms with Crippen LogP contribution in [0.2, 0.25) is 0 Å².